The molecule has 0 aliphatic carbocycles. The number of hydrogen-bond acceptors (Lipinski definition) is 6. The monoisotopic (exact) mass is 542 g/mol. The van der Waals surface area contributed by atoms with Gasteiger partial charge in [-0.15, -0.1) is 13.2 Å². The second-order valence-corrected chi connectivity index (χ2v) is 9.17. The molecule has 0 saturated carbocycles. The molecule has 38 heavy (non-hydrogen) atoms. The van der Waals surface area contributed by atoms with E-state index in [9.17, 15) is 13.2 Å². The number of alkyl halides is 3. The smallest absolute Gasteiger partial charge is 0.406 e. The highest BCUT2D eigenvalue weighted by Gasteiger charge is 2.31. The van der Waals surface area contributed by atoms with Gasteiger partial charge in [-0.25, -0.2) is 9.97 Å². The Hall–Kier alpha value is -3.99. The van der Waals surface area contributed by atoms with Gasteiger partial charge >= 0.3 is 6.36 Å². The lowest BCUT2D eigenvalue weighted by Crippen LogP contribution is -2.24. The van der Waals surface area contributed by atoms with Crippen molar-refractivity contribution in [2.75, 3.05) is 17.3 Å². The molecule has 0 aliphatic heterocycles. The van der Waals surface area contributed by atoms with Gasteiger partial charge in [-0.2, -0.15) is 5.10 Å². The van der Waals surface area contributed by atoms with Crippen LogP contribution in [0.25, 0.3) is 6.08 Å². The van der Waals surface area contributed by atoms with Crippen LogP contribution in [-0.2, 0) is 0 Å². The molecule has 0 spiro atoms. The molecule has 0 radical (unpaired) electrons. The van der Waals surface area contributed by atoms with Gasteiger partial charge in [0.25, 0.3) is 0 Å². The van der Waals surface area contributed by atoms with E-state index in [-0.39, 0.29) is 5.75 Å². The van der Waals surface area contributed by atoms with Crippen LogP contribution in [0.15, 0.2) is 65.4 Å². The summed E-state index contributed by atoms with van der Waals surface area (Å²) in [6.07, 6.45) is 0.470. The van der Waals surface area contributed by atoms with Crippen LogP contribution in [-0.4, -0.2) is 34.7 Å². The van der Waals surface area contributed by atoms with E-state index in [0.717, 1.165) is 28.1 Å². The number of nitrogens with zero attached hydrogens (tertiary/aromatic N) is 4. The summed E-state index contributed by atoms with van der Waals surface area (Å²) in [7, 11) is 1.73. The summed E-state index contributed by atoms with van der Waals surface area (Å²) in [5.74, 6) is 0.455. The van der Waals surface area contributed by atoms with Gasteiger partial charge in [0.1, 0.15) is 5.75 Å². The zero-order chi connectivity index (χ0) is 27.9. The predicted octanol–water partition coefficient (Wildman–Crippen LogP) is 6.95. The van der Waals surface area contributed by atoms with Crippen molar-refractivity contribution < 1.29 is 17.9 Å². The van der Waals surface area contributed by atoms with E-state index in [1.807, 2.05) is 38.1 Å². The van der Waals surface area contributed by atoms with Crippen molar-refractivity contribution in [2.45, 2.75) is 40.0 Å². The summed E-state index contributed by atoms with van der Waals surface area (Å²) in [5, 5.41) is 7.76. The third-order valence-electron chi connectivity index (χ3n) is 5.41. The number of allylic oxidation sites excluding steroid dienone is 1. The third-order valence-corrected chi connectivity index (χ3v) is 5.60. The molecule has 0 saturated heterocycles. The minimum Gasteiger partial charge on any atom is -0.406 e. The maximum absolute atomic E-state index is 12.4. The summed E-state index contributed by atoms with van der Waals surface area (Å²) in [5.41, 5.74) is 7.90. The predicted molar refractivity (Wildman–Crippen MR) is 150 cm³/mol. The number of thiocarbonyl (C=S) groups is 1. The van der Waals surface area contributed by atoms with E-state index >= 15 is 0 Å². The van der Waals surface area contributed by atoms with Crippen LogP contribution in [0, 0.1) is 6.92 Å². The van der Waals surface area contributed by atoms with Crippen LogP contribution in [0.1, 0.15) is 43.5 Å². The lowest BCUT2D eigenvalue weighted by molar-refractivity contribution is -0.274. The first kappa shape index (κ1) is 28.6. The number of aryl methyl sites for hydroxylation is 1. The Labute approximate surface area is 225 Å². The number of hydrogen-bond donors (Lipinski definition) is 2. The molecule has 2 N–H and O–H groups in total. The molecule has 1 heterocycles. The zero-order valence-corrected chi connectivity index (χ0v) is 22.5. The Balaban J connectivity index is 1.62. The standard InChI is InChI=1S/C27H29F3N6OS/c1-17(2)23-8-6-7-9-24(23)34-26(38)35-32-15-18(3)14-20-16-31-25(33-19(20)4)36(5)21-10-12-22(13-11-21)37-27(28,29)30/h6-17H,1-5H3,(H2,34,35,38)/b18-14+,32-15+. The Morgan fingerprint density at radius 2 is 1.82 bits per heavy atom. The lowest BCUT2D eigenvalue weighted by Gasteiger charge is -2.18. The van der Waals surface area contributed by atoms with Gasteiger partial charge in [0.05, 0.1) is 11.9 Å². The molecule has 0 fully saturated rings. The minimum atomic E-state index is -4.74. The highest BCUT2D eigenvalue weighted by atomic mass is 32.1. The molecule has 3 aromatic rings. The molecule has 0 unspecified atom stereocenters. The average molecular weight is 543 g/mol. The van der Waals surface area contributed by atoms with Gasteiger partial charge in [-0.1, -0.05) is 32.0 Å². The number of benzene rings is 2. The number of aromatic nitrogens is 2. The highest BCUT2D eigenvalue weighted by molar-refractivity contribution is 7.80. The maximum Gasteiger partial charge on any atom is 0.573 e. The normalized spacial score (nSPS) is 12.1. The van der Waals surface area contributed by atoms with E-state index in [1.165, 1.54) is 24.3 Å². The van der Waals surface area contributed by atoms with Crippen LogP contribution in [0.5, 0.6) is 5.75 Å². The fourth-order valence-corrected chi connectivity index (χ4v) is 3.66. The van der Waals surface area contributed by atoms with Crippen LogP contribution in [0.4, 0.5) is 30.5 Å². The summed E-state index contributed by atoms with van der Waals surface area (Å²) in [4.78, 5) is 10.6. The number of halogens is 3. The number of anilines is 3. The Bertz CT molecular complexity index is 1320. The lowest BCUT2D eigenvalue weighted by atomic mass is 10.0. The molecular weight excluding hydrogens is 513 g/mol. The van der Waals surface area contributed by atoms with Crippen molar-refractivity contribution in [1.82, 2.24) is 15.4 Å². The molecule has 0 bridgehead atoms. The van der Waals surface area contributed by atoms with Crippen molar-refractivity contribution in [1.29, 1.82) is 0 Å². The van der Waals surface area contributed by atoms with Crippen molar-refractivity contribution in [3.8, 4) is 5.75 Å². The topological polar surface area (TPSA) is 74.7 Å². The number of ether oxygens (including phenoxy) is 1. The van der Waals surface area contributed by atoms with Crippen molar-refractivity contribution >= 4 is 46.9 Å². The van der Waals surface area contributed by atoms with Gasteiger partial charge in [-0.3, -0.25) is 5.43 Å². The van der Waals surface area contributed by atoms with Crippen molar-refractivity contribution in [2.24, 2.45) is 5.10 Å². The number of rotatable bonds is 8. The minimum absolute atomic E-state index is 0.296. The molecule has 200 valence electrons. The van der Waals surface area contributed by atoms with Crippen LogP contribution >= 0.6 is 12.2 Å². The van der Waals surface area contributed by atoms with Crippen molar-refractivity contribution in [3.63, 3.8) is 0 Å². The molecule has 7 nitrogen and oxygen atoms in total. The van der Waals surface area contributed by atoms with Gasteiger partial charge in [-0.05, 0) is 79.5 Å². The molecule has 11 heteroatoms. The Morgan fingerprint density at radius 1 is 1.13 bits per heavy atom. The first-order chi connectivity index (χ1) is 17.9. The highest BCUT2D eigenvalue weighted by Crippen LogP contribution is 2.27. The van der Waals surface area contributed by atoms with Crippen LogP contribution in [0.3, 0.4) is 0 Å². The zero-order valence-electron chi connectivity index (χ0n) is 21.7. The van der Waals surface area contributed by atoms with Gasteiger partial charge < -0.3 is 15.0 Å². The molecule has 0 amide bonds. The number of para-hydroxylation sites is 1. The van der Waals surface area contributed by atoms with E-state index in [2.05, 4.69) is 50.5 Å². The number of hydrazone groups is 1. The summed E-state index contributed by atoms with van der Waals surface area (Å²) < 4.78 is 41.1. The van der Waals surface area contributed by atoms with Gasteiger partial charge in [0, 0.05) is 30.2 Å². The summed E-state index contributed by atoms with van der Waals surface area (Å²) >= 11 is 5.36. The number of nitrogens with one attached hydrogen (secondary N) is 2. The van der Waals surface area contributed by atoms with E-state index in [0.29, 0.717) is 22.7 Å². The molecular formula is C27H29F3N6OS. The third kappa shape index (κ3) is 8.27. The van der Waals surface area contributed by atoms with E-state index in [4.69, 9.17) is 12.2 Å². The molecule has 0 atom stereocenters. The molecule has 0 aliphatic rings. The Morgan fingerprint density at radius 3 is 2.45 bits per heavy atom. The van der Waals surface area contributed by atoms with Crippen molar-refractivity contribution in [3.05, 3.63) is 77.1 Å². The first-order valence-electron chi connectivity index (χ1n) is 11.7. The quantitative estimate of drug-likeness (QED) is 0.181. The molecule has 2 aromatic carbocycles. The Kier molecular flexibility index (Phi) is 9.40. The van der Waals surface area contributed by atoms with Crippen LogP contribution < -0.4 is 20.4 Å². The van der Waals surface area contributed by atoms with Gasteiger partial charge in [0.15, 0.2) is 5.11 Å². The molecule has 3 rings (SSSR count). The van der Waals surface area contributed by atoms with E-state index < -0.39 is 6.36 Å². The summed E-state index contributed by atoms with van der Waals surface area (Å²) in [6.45, 7) is 7.97. The largest absolute Gasteiger partial charge is 0.573 e. The van der Waals surface area contributed by atoms with Crippen LogP contribution in [0.2, 0.25) is 0 Å². The molecule has 1 aromatic heterocycles. The fraction of sp³-hybridized carbons (Fsp3) is 0.259. The average Bonchev–Trinajstić information content (AvgIpc) is 2.84. The second-order valence-electron chi connectivity index (χ2n) is 8.77. The second kappa shape index (κ2) is 12.5. The summed E-state index contributed by atoms with van der Waals surface area (Å²) in [6, 6.07) is 13.5. The van der Waals surface area contributed by atoms with Gasteiger partial charge in [0.2, 0.25) is 5.95 Å². The SMILES string of the molecule is CC(/C=N/NC(=S)Nc1ccccc1C(C)C)=C\c1cnc(N(C)c2ccc(OC(F)(F)F)cc2)nc1C. The van der Waals surface area contributed by atoms with E-state index in [1.54, 1.807) is 24.4 Å². The maximum atomic E-state index is 12.4. The fourth-order valence-electron chi connectivity index (χ4n) is 3.49. The first-order valence-corrected chi connectivity index (χ1v) is 12.1.